The van der Waals surface area contributed by atoms with Crippen molar-refractivity contribution in [2.75, 3.05) is 11.6 Å². The van der Waals surface area contributed by atoms with Crippen LogP contribution in [0, 0.1) is 0 Å². The van der Waals surface area contributed by atoms with Crippen molar-refractivity contribution >= 4 is 54.0 Å². The fraction of sp³-hybridized carbons (Fsp3) is 0.0435. The highest BCUT2D eigenvalue weighted by Crippen LogP contribution is 2.28. The Labute approximate surface area is 187 Å². The SMILES string of the molecule is CS(=O)(=O)c1ccc2nc(NC(=O)c3ccc(C(=O)C(=O)c4ccccc4)cc3)sc2c1. The van der Waals surface area contributed by atoms with E-state index in [0.29, 0.717) is 20.9 Å². The van der Waals surface area contributed by atoms with Crippen LogP contribution in [0.2, 0.25) is 0 Å². The molecule has 0 bridgehead atoms. The van der Waals surface area contributed by atoms with Crippen LogP contribution < -0.4 is 5.32 Å². The Hall–Kier alpha value is -3.69. The van der Waals surface area contributed by atoms with E-state index in [0.717, 1.165) is 17.6 Å². The first-order valence-corrected chi connectivity index (χ1v) is 12.1. The van der Waals surface area contributed by atoms with Crippen LogP contribution in [-0.2, 0) is 9.84 Å². The van der Waals surface area contributed by atoms with Gasteiger partial charge in [0.2, 0.25) is 11.6 Å². The van der Waals surface area contributed by atoms with Crippen molar-refractivity contribution in [2.24, 2.45) is 0 Å². The van der Waals surface area contributed by atoms with E-state index < -0.39 is 27.3 Å². The fourth-order valence-corrected chi connectivity index (χ4v) is 4.60. The smallest absolute Gasteiger partial charge is 0.257 e. The van der Waals surface area contributed by atoms with Gasteiger partial charge < -0.3 is 0 Å². The zero-order valence-electron chi connectivity index (χ0n) is 16.7. The average molecular weight is 465 g/mol. The van der Waals surface area contributed by atoms with Crippen LogP contribution in [0.5, 0.6) is 0 Å². The van der Waals surface area contributed by atoms with Crippen LogP contribution >= 0.6 is 11.3 Å². The van der Waals surface area contributed by atoms with E-state index in [-0.39, 0.29) is 16.0 Å². The second kappa shape index (κ2) is 8.45. The number of benzene rings is 3. The number of amides is 1. The predicted octanol–water partition coefficient (Wildman–Crippen LogP) is 4.02. The lowest BCUT2D eigenvalue weighted by molar-refractivity contribution is 0.0817. The van der Waals surface area contributed by atoms with Crippen LogP contribution in [0.25, 0.3) is 10.2 Å². The van der Waals surface area contributed by atoms with Gasteiger partial charge in [0.25, 0.3) is 5.91 Å². The second-order valence-electron chi connectivity index (χ2n) is 6.98. The van der Waals surface area contributed by atoms with Gasteiger partial charge in [-0.3, -0.25) is 19.7 Å². The van der Waals surface area contributed by atoms with E-state index in [1.807, 2.05) is 0 Å². The van der Waals surface area contributed by atoms with Gasteiger partial charge in [-0.2, -0.15) is 0 Å². The molecule has 1 aromatic heterocycles. The molecule has 0 fully saturated rings. The van der Waals surface area contributed by atoms with Crippen molar-refractivity contribution in [3.05, 3.63) is 89.5 Å². The van der Waals surface area contributed by atoms with Crippen molar-refractivity contribution in [2.45, 2.75) is 4.90 Å². The molecule has 0 aliphatic carbocycles. The summed E-state index contributed by atoms with van der Waals surface area (Å²) in [4.78, 5) is 41.8. The molecule has 0 aliphatic heterocycles. The molecule has 160 valence electrons. The third-order valence-corrected chi connectivity index (χ3v) is 6.70. The number of hydrogen-bond donors (Lipinski definition) is 1. The third-order valence-electron chi connectivity index (χ3n) is 4.66. The first-order valence-electron chi connectivity index (χ1n) is 9.38. The number of thiazole rings is 1. The number of sulfone groups is 1. The molecule has 4 aromatic rings. The Morgan fingerprint density at radius 2 is 1.41 bits per heavy atom. The normalized spacial score (nSPS) is 11.3. The first kappa shape index (κ1) is 21.5. The minimum atomic E-state index is -3.35. The number of rotatable bonds is 6. The monoisotopic (exact) mass is 464 g/mol. The van der Waals surface area contributed by atoms with E-state index in [1.54, 1.807) is 36.4 Å². The van der Waals surface area contributed by atoms with Crippen molar-refractivity contribution < 1.29 is 22.8 Å². The lowest BCUT2D eigenvalue weighted by atomic mass is 10.0. The largest absolute Gasteiger partial charge is 0.298 e. The third kappa shape index (κ3) is 4.48. The van der Waals surface area contributed by atoms with Gasteiger partial charge in [-0.1, -0.05) is 53.8 Å². The number of fused-ring (bicyclic) bond motifs is 1. The number of carbonyl (C=O) groups excluding carboxylic acids is 3. The van der Waals surface area contributed by atoms with Crippen molar-refractivity contribution in [3.63, 3.8) is 0 Å². The van der Waals surface area contributed by atoms with Gasteiger partial charge in [0, 0.05) is 22.9 Å². The van der Waals surface area contributed by atoms with Crippen LogP contribution in [-0.4, -0.2) is 37.1 Å². The van der Waals surface area contributed by atoms with Gasteiger partial charge in [-0.25, -0.2) is 13.4 Å². The van der Waals surface area contributed by atoms with Crippen molar-refractivity contribution in [1.29, 1.82) is 0 Å². The van der Waals surface area contributed by atoms with Crippen LogP contribution in [0.1, 0.15) is 31.1 Å². The summed E-state index contributed by atoms with van der Waals surface area (Å²) in [5.41, 5.74) is 1.33. The second-order valence-corrected chi connectivity index (χ2v) is 10.0. The van der Waals surface area contributed by atoms with Crippen LogP contribution in [0.15, 0.2) is 77.7 Å². The van der Waals surface area contributed by atoms with Crippen molar-refractivity contribution in [1.82, 2.24) is 4.98 Å². The highest BCUT2D eigenvalue weighted by molar-refractivity contribution is 7.90. The summed E-state index contributed by atoms with van der Waals surface area (Å²) in [5.74, 6) is -1.72. The van der Waals surface area contributed by atoms with Gasteiger partial charge in [0.05, 0.1) is 15.1 Å². The molecule has 3 aromatic carbocycles. The number of nitrogens with zero attached hydrogens (tertiary/aromatic N) is 1. The maximum Gasteiger partial charge on any atom is 0.257 e. The maximum atomic E-state index is 12.6. The van der Waals surface area contributed by atoms with E-state index >= 15 is 0 Å². The van der Waals surface area contributed by atoms with Crippen molar-refractivity contribution in [3.8, 4) is 0 Å². The summed E-state index contributed by atoms with van der Waals surface area (Å²) >= 11 is 1.15. The molecule has 4 rings (SSSR count). The number of ketones is 2. The topological polar surface area (TPSA) is 110 Å². The zero-order chi connectivity index (χ0) is 22.9. The summed E-state index contributed by atoms with van der Waals surface area (Å²) in [6.07, 6.45) is 1.12. The molecule has 1 N–H and O–H groups in total. The lowest BCUT2D eigenvalue weighted by Gasteiger charge is -2.04. The summed E-state index contributed by atoms with van der Waals surface area (Å²) in [6.45, 7) is 0. The van der Waals surface area contributed by atoms with Gasteiger partial charge >= 0.3 is 0 Å². The molecule has 7 nitrogen and oxygen atoms in total. The average Bonchev–Trinajstić information content (AvgIpc) is 3.19. The minimum absolute atomic E-state index is 0.178. The number of aromatic nitrogens is 1. The molecule has 0 radical (unpaired) electrons. The summed E-state index contributed by atoms with van der Waals surface area (Å²) in [6, 6.07) is 18.6. The Balaban J connectivity index is 1.49. The van der Waals surface area contributed by atoms with Crippen LogP contribution in [0.4, 0.5) is 5.13 Å². The number of Topliss-reactive ketones (excluding diaryl/α,β-unsaturated/α-hetero) is 2. The molecule has 0 saturated heterocycles. The molecule has 0 aliphatic rings. The standard InChI is InChI=1S/C23H16N2O5S2/c1-32(29,30)17-11-12-18-19(13-17)31-23(24-18)25-22(28)16-9-7-15(8-10-16)21(27)20(26)14-5-3-2-4-6-14/h2-13H,1H3,(H,24,25,28). The van der Waals surface area contributed by atoms with E-state index in [4.69, 9.17) is 0 Å². The summed E-state index contributed by atoms with van der Waals surface area (Å²) in [5, 5.41) is 2.99. The molecular weight excluding hydrogens is 448 g/mol. The molecule has 0 spiro atoms. The molecule has 1 amide bonds. The Bertz CT molecular complexity index is 1460. The Kier molecular flexibility index (Phi) is 5.68. The lowest BCUT2D eigenvalue weighted by Crippen LogP contribution is -2.15. The van der Waals surface area contributed by atoms with Crippen LogP contribution in [0.3, 0.4) is 0 Å². The molecule has 9 heteroatoms. The highest BCUT2D eigenvalue weighted by atomic mass is 32.2. The Morgan fingerprint density at radius 1 is 0.812 bits per heavy atom. The summed E-state index contributed by atoms with van der Waals surface area (Å²) < 4.78 is 24.1. The minimum Gasteiger partial charge on any atom is -0.298 e. The quantitative estimate of drug-likeness (QED) is 0.341. The van der Waals surface area contributed by atoms with Gasteiger partial charge in [0.15, 0.2) is 15.0 Å². The predicted molar refractivity (Wildman–Crippen MR) is 122 cm³/mol. The number of nitrogens with one attached hydrogen (secondary N) is 1. The molecule has 32 heavy (non-hydrogen) atoms. The first-order chi connectivity index (χ1) is 15.2. The fourth-order valence-electron chi connectivity index (χ4n) is 2.98. The van der Waals surface area contributed by atoms with Gasteiger partial charge in [-0.15, -0.1) is 0 Å². The van der Waals surface area contributed by atoms with E-state index in [2.05, 4.69) is 10.3 Å². The summed E-state index contributed by atoms with van der Waals surface area (Å²) in [7, 11) is -3.35. The molecular formula is C23H16N2O5S2. The number of carbonyl (C=O) groups is 3. The number of hydrogen-bond acceptors (Lipinski definition) is 7. The molecule has 1 heterocycles. The number of anilines is 1. The highest BCUT2D eigenvalue weighted by Gasteiger charge is 2.19. The zero-order valence-corrected chi connectivity index (χ0v) is 18.4. The van der Waals surface area contributed by atoms with E-state index in [1.165, 1.54) is 36.4 Å². The Morgan fingerprint density at radius 3 is 2.03 bits per heavy atom. The molecule has 0 atom stereocenters. The maximum absolute atomic E-state index is 12.6. The van der Waals surface area contributed by atoms with Gasteiger partial charge in [-0.05, 0) is 30.3 Å². The molecule has 0 unspecified atom stereocenters. The van der Waals surface area contributed by atoms with Gasteiger partial charge in [0.1, 0.15) is 0 Å². The van der Waals surface area contributed by atoms with E-state index in [9.17, 15) is 22.8 Å². The molecule has 0 saturated carbocycles.